The first kappa shape index (κ1) is 19.6. The van der Waals surface area contributed by atoms with Crippen molar-refractivity contribution in [3.05, 3.63) is 44.9 Å². The van der Waals surface area contributed by atoms with Crippen LogP contribution in [0.15, 0.2) is 23.6 Å². The van der Waals surface area contributed by atoms with Gasteiger partial charge in [0.15, 0.2) is 0 Å². The molecule has 1 aliphatic rings. The van der Waals surface area contributed by atoms with Crippen molar-refractivity contribution in [3.8, 4) is 5.75 Å². The van der Waals surface area contributed by atoms with E-state index < -0.39 is 0 Å². The van der Waals surface area contributed by atoms with Crippen molar-refractivity contribution in [2.75, 3.05) is 20.2 Å². The number of likely N-dealkylation sites (tertiary alicyclic amines) is 1. The number of methoxy groups -OCH3 is 1. The summed E-state index contributed by atoms with van der Waals surface area (Å²) >= 11 is 7.60. The van der Waals surface area contributed by atoms with E-state index in [0.717, 1.165) is 23.5 Å². The third kappa shape index (κ3) is 4.78. The number of rotatable bonds is 5. The summed E-state index contributed by atoms with van der Waals surface area (Å²) in [6, 6.07) is 5.08. The van der Waals surface area contributed by atoms with Crippen molar-refractivity contribution >= 4 is 34.8 Å². The predicted molar refractivity (Wildman–Crippen MR) is 106 cm³/mol. The fourth-order valence-electron chi connectivity index (χ4n) is 3.15. The molecule has 0 spiro atoms. The molecule has 1 aromatic carbocycles. The lowest BCUT2D eigenvalue weighted by Crippen LogP contribution is -2.38. The number of amides is 2. The molecular weight excluding hydrogens is 386 g/mol. The van der Waals surface area contributed by atoms with Crippen molar-refractivity contribution in [2.45, 2.75) is 32.2 Å². The van der Waals surface area contributed by atoms with E-state index >= 15 is 0 Å². The molecule has 1 aromatic heterocycles. The van der Waals surface area contributed by atoms with Gasteiger partial charge in [0.2, 0.25) is 5.91 Å². The highest BCUT2D eigenvalue weighted by molar-refractivity contribution is 7.09. The van der Waals surface area contributed by atoms with Gasteiger partial charge in [0, 0.05) is 36.3 Å². The maximum absolute atomic E-state index is 12.8. The molecule has 1 saturated heterocycles. The highest BCUT2D eigenvalue weighted by Gasteiger charge is 2.27. The standard InChI is InChI=1S/C19H22ClN3O3S/c1-12(24)21-10-15-11-27-18(22-15)13-5-7-23(8-6-13)19(25)16-4-3-14(20)9-17(16)26-2/h3-4,9,11,13H,5-8,10H2,1-2H3,(H,21,24). The van der Waals surface area contributed by atoms with Gasteiger partial charge in [-0.2, -0.15) is 0 Å². The molecule has 0 atom stereocenters. The van der Waals surface area contributed by atoms with Gasteiger partial charge < -0.3 is 15.0 Å². The minimum absolute atomic E-state index is 0.0348. The number of carbonyl (C=O) groups is 2. The molecule has 0 radical (unpaired) electrons. The Morgan fingerprint density at radius 1 is 1.37 bits per heavy atom. The van der Waals surface area contributed by atoms with E-state index in [1.165, 1.54) is 14.0 Å². The van der Waals surface area contributed by atoms with Gasteiger partial charge in [-0.05, 0) is 31.0 Å². The van der Waals surface area contributed by atoms with Crippen LogP contribution in [0.4, 0.5) is 0 Å². The summed E-state index contributed by atoms with van der Waals surface area (Å²) in [5.41, 5.74) is 1.42. The van der Waals surface area contributed by atoms with Crippen LogP contribution in [-0.4, -0.2) is 41.9 Å². The Bertz CT molecular complexity index is 831. The average Bonchev–Trinajstić information content (AvgIpc) is 3.15. The van der Waals surface area contributed by atoms with Gasteiger partial charge in [-0.25, -0.2) is 4.98 Å². The fourth-order valence-corrected chi connectivity index (χ4v) is 4.30. The fraction of sp³-hybridized carbons (Fsp3) is 0.421. The van der Waals surface area contributed by atoms with Gasteiger partial charge in [-0.1, -0.05) is 11.6 Å². The lowest BCUT2D eigenvalue weighted by atomic mass is 9.97. The van der Waals surface area contributed by atoms with Crippen molar-refractivity contribution in [1.29, 1.82) is 0 Å². The third-order valence-electron chi connectivity index (χ3n) is 4.61. The zero-order valence-corrected chi connectivity index (χ0v) is 16.9. The number of carbonyl (C=O) groups excluding carboxylic acids is 2. The topological polar surface area (TPSA) is 71.5 Å². The maximum atomic E-state index is 12.8. The molecule has 27 heavy (non-hydrogen) atoms. The van der Waals surface area contributed by atoms with Gasteiger partial charge in [0.1, 0.15) is 5.75 Å². The average molecular weight is 408 g/mol. The molecule has 144 valence electrons. The number of halogens is 1. The highest BCUT2D eigenvalue weighted by Crippen LogP contribution is 2.32. The summed E-state index contributed by atoms with van der Waals surface area (Å²) in [7, 11) is 1.54. The Labute approximate surface area is 167 Å². The van der Waals surface area contributed by atoms with Crippen LogP contribution in [0.3, 0.4) is 0 Å². The molecule has 2 amide bonds. The van der Waals surface area contributed by atoms with E-state index in [9.17, 15) is 9.59 Å². The Morgan fingerprint density at radius 3 is 2.78 bits per heavy atom. The second kappa shape index (κ2) is 8.71. The molecule has 6 nitrogen and oxygen atoms in total. The molecule has 0 aliphatic carbocycles. The van der Waals surface area contributed by atoms with Crippen LogP contribution in [-0.2, 0) is 11.3 Å². The number of hydrogen-bond donors (Lipinski definition) is 1. The molecule has 0 bridgehead atoms. The molecule has 2 aromatic rings. The van der Waals surface area contributed by atoms with Crippen molar-refractivity contribution in [1.82, 2.24) is 15.2 Å². The van der Waals surface area contributed by atoms with E-state index in [2.05, 4.69) is 10.3 Å². The normalized spacial score (nSPS) is 14.9. The maximum Gasteiger partial charge on any atom is 0.257 e. The minimum Gasteiger partial charge on any atom is -0.496 e. The van der Waals surface area contributed by atoms with E-state index in [1.807, 2.05) is 10.3 Å². The Morgan fingerprint density at radius 2 is 2.11 bits per heavy atom. The molecule has 2 heterocycles. The number of aromatic nitrogens is 1. The Balaban J connectivity index is 1.60. The molecule has 3 rings (SSSR count). The zero-order chi connectivity index (χ0) is 19.4. The van der Waals surface area contributed by atoms with Crippen molar-refractivity contribution < 1.29 is 14.3 Å². The first-order chi connectivity index (χ1) is 13.0. The van der Waals surface area contributed by atoms with Gasteiger partial charge in [0.05, 0.1) is 29.9 Å². The molecule has 1 N–H and O–H groups in total. The minimum atomic E-state index is -0.0611. The highest BCUT2D eigenvalue weighted by atomic mass is 35.5. The second-order valence-corrected chi connectivity index (χ2v) is 7.82. The van der Waals surface area contributed by atoms with Crippen molar-refractivity contribution in [3.63, 3.8) is 0 Å². The number of benzene rings is 1. The van der Waals surface area contributed by atoms with Gasteiger partial charge in [0.25, 0.3) is 5.91 Å². The van der Waals surface area contributed by atoms with Gasteiger partial charge in [-0.15, -0.1) is 11.3 Å². The van der Waals surface area contributed by atoms with Gasteiger partial charge >= 0.3 is 0 Å². The van der Waals surface area contributed by atoms with Crippen LogP contribution in [0.25, 0.3) is 0 Å². The number of ether oxygens (including phenoxy) is 1. The Hall–Kier alpha value is -2.12. The van der Waals surface area contributed by atoms with E-state index in [-0.39, 0.29) is 11.8 Å². The summed E-state index contributed by atoms with van der Waals surface area (Å²) < 4.78 is 5.30. The second-order valence-electron chi connectivity index (χ2n) is 6.50. The van der Waals surface area contributed by atoms with E-state index in [1.54, 1.807) is 29.5 Å². The lowest BCUT2D eigenvalue weighted by molar-refractivity contribution is -0.119. The van der Waals surface area contributed by atoms with Gasteiger partial charge in [-0.3, -0.25) is 9.59 Å². The molecular formula is C19H22ClN3O3S. The van der Waals surface area contributed by atoms with Crippen LogP contribution in [0.5, 0.6) is 5.75 Å². The summed E-state index contributed by atoms with van der Waals surface area (Å²) in [5.74, 6) is 0.746. The largest absolute Gasteiger partial charge is 0.496 e. The van der Waals surface area contributed by atoms with E-state index in [4.69, 9.17) is 16.3 Å². The number of hydrogen-bond acceptors (Lipinski definition) is 5. The van der Waals surface area contributed by atoms with Crippen LogP contribution < -0.4 is 10.1 Å². The van der Waals surface area contributed by atoms with Crippen LogP contribution in [0.2, 0.25) is 5.02 Å². The Kier molecular flexibility index (Phi) is 6.34. The van der Waals surface area contributed by atoms with E-state index in [0.29, 0.717) is 41.9 Å². The summed E-state index contributed by atoms with van der Waals surface area (Å²) in [4.78, 5) is 30.3. The number of piperidine rings is 1. The molecule has 0 unspecified atom stereocenters. The third-order valence-corrected chi connectivity index (χ3v) is 5.90. The smallest absolute Gasteiger partial charge is 0.257 e. The summed E-state index contributed by atoms with van der Waals surface area (Å²) in [6.07, 6.45) is 1.74. The lowest BCUT2D eigenvalue weighted by Gasteiger charge is -2.31. The summed E-state index contributed by atoms with van der Waals surface area (Å²) in [6.45, 7) is 3.31. The number of thiazole rings is 1. The zero-order valence-electron chi connectivity index (χ0n) is 15.3. The van der Waals surface area contributed by atoms with Crippen LogP contribution in [0, 0.1) is 0 Å². The van der Waals surface area contributed by atoms with Crippen LogP contribution in [0.1, 0.15) is 46.7 Å². The molecule has 1 fully saturated rings. The molecule has 0 saturated carbocycles. The number of nitrogens with one attached hydrogen (secondary N) is 1. The predicted octanol–water partition coefficient (Wildman–Crippen LogP) is 3.46. The van der Waals surface area contributed by atoms with Crippen molar-refractivity contribution in [2.24, 2.45) is 0 Å². The first-order valence-corrected chi connectivity index (χ1v) is 10.0. The quantitative estimate of drug-likeness (QED) is 0.823. The summed E-state index contributed by atoms with van der Waals surface area (Å²) in [5, 5.41) is 6.37. The van der Waals surface area contributed by atoms with Crippen LogP contribution >= 0.6 is 22.9 Å². The SMILES string of the molecule is COc1cc(Cl)ccc1C(=O)N1CCC(c2nc(CNC(C)=O)cs2)CC1. The first-order valence-electron chi connectivity index (χ1n) is 8.79. The molecule has 8 heteroatoms. The number of nitrogens with zero attached hydrogens (tertiary/aromatic N) is 2. The molecule has 1 aliphatic heterocycles. The monoisotopic (exact) mass is 407 g/mol.